The minimum atomic E-state index is -0.527. The number of nitrogens with zero attached hydrogens (tertiary/aromatic N) is 3. The molecule has 6 nitrogen and oxygen atoms in total. The number of halogens is 1. The zero-order chi connectivity index (χ0) is 22.2. The van der Waals surface area contributed by atoms with Gasteiger partial charge in [-0.15, -0.1) is 16.9 Å². The van der Waals surface area contributed by atoms with Gasteiger partial charge in [0.05, 0.1) is 22.7 Å². The van der Waals surface area contributed by atoms with Crippen molar-refractivity contribution in [3.8, 4) is 11.9 Å². The molecule has 0 spiro atoms. The maximum absolute atomic E-state index is 9.92. The van der Waals surface area contributed by atoms with E-state index in [0.717, 1.165) is 27.1 Å². The summed E-state index contributed by atoms with van der Waals surface area (Å²) in [6.07, 6.45) is 0. The van der Waals surface area contributed by atoms with Gasteiger partial charge in [0, 0.05) is 21.6 Å². The van der Waals surface area contributed by atoms with Gasteiger partial charge in [0.15, 0.2) is 0 Å². The molecule has 0 aliphatic carbocycles. The first-order valence-electron chi connectivity index (χ1n) is 9.94. The quantitative estimate of drug-likeness (QED) is 0.311. The summed E-state index contributed by atoms with van der Waals surface area (Å²) < 4.78 is 5.68. The molecule has 4 aromatic rings. The summed E-state index contributed by atoms with van der Waals surface area (Å²) in [5.41, 5.74) is 10.7. The number of ether oxygens (including phenoxy) is 1. The maximum Gasteiger partial charge on any atom is 0.244 e. The first-order chi connectivity index (χ1) is 15.5. The number of thioether (sulfide) groups is 1. The summed E-state index contributed by atoms with van der Waals surface area (Å²) >= 11 is 8.29. The zero-order valence-corrected chi connectivity index (χ0v) is 18.7. The normalized spacial score (nSPS) is 15.3. The fourth-order valence-corrected chi connectivity index (χ4v) is 4.95. The third-order valence-corrected chi connectivity index (χ3v) is 6.78. The molecule has 0 saturated heterocycles. The van der Waals surface area contributed by atoms with Gasteiger partial charge < -0.3 is 10.5 Å². The molecule has 1 aliphatic heterocycles. The molecule has 3 N–H and O–H groups in total. The molecule has 0 unspecified atom stereocenters. The molecule has 158 valence electrons. The number of pyridine rings is 1. The van der Waals surface area contributed by atoms with Gasteiger partial charge in [-0.05, 0) is 31.2 Å². The lowest BCUT2D eigenvalue weighted by molar-refractivity contribution is 0.378. The Bertz CT molecular complexity index is 1400. The molecule has 32 heavy (non-hydrogen) atoms. The number of fused-ring (bicyclic) bond motifs is 2. The second-order valence-corrected chi connectivity index (χ2v) is 8.92. The minimum Gasteiger partial charge on any atom is -0.420 e. The minimum absolute atomic E-state index is 0.0264. The van der Waals surface area contributed by atoms with Gasteiger partial charge in [-0.3, -0.25) is 5.10 Å². The average Bonchev–Trinajstić information content (AvgIpc) is 3.19. The Labute approximate surface area is 194 Å². The summed E-state index contributed by atoms with van der Waals surface area (Å²) in [5.74, 6) is 0.470. The van der Waals surface area contributed by atoms with Crippen molar-refractivity contribution in [1.29, 1.82) is 5.26 Å². The molecule has 1 atom stereocenters. The number of hydrogen-bond donors (Lipinski definition) is 2. The van der Waals surface area contributed by atoms with E-state index < -0.39 is 5.92 Å². The third-order valence-electron chi connectivity index (χ3n) is 5.44. The summed E-state index contributed by atoms with van der Waals surface area (Å²) in [4.78, 5) is 5.68. The van der Waals surface area contributed by atoms with Crippen LogP contribution in [0.1, 0.15) is 28.3 Å². The zero-order valence-electron chi connectivity index (χ0n) is 17.1. The number of nitrogens with two attached hydrogens (primary N) is 1. The lowest BCUT2D eigenvalue weighted by atomic mass is 9.84. The van der Waals surface area contributed by atoms with Gasteiger partial charge in [-0.25, -0.2) is 4.98 Å². The van der Waals surface area contributed by atoms with Gasteiger partial charge in [-0.1, -0.05) is 47.5 Å². The van der Waals surface area contributed by atoms with Crippen LogP contribution in [0.2, 0.25) is 5.15 Å². The highest BCUT2D eigenvalue weighted by Crippen LogP contribution is 2.46. The fraction of sp³-hybridized carbons (Fsp3) is 0.125. The number of para-hydroxylation sites is 1. The molecule has 0 fully saturated rings. The smallest absolute Gasteiger partial charge is 0.244 e. The Kier molecular flexibility index (Phi) is 5.25. The van der Waals surface area contributed by atoms with Crippen LogP contribution in [0, 0.1) is 18.3 Å². The van der Waals surface area contributed by atoms with E-state index in [4.69, 9.17) is 22.1 Å². The van der Waals surface area contributed by atoms with Crippen molar-refractivity contribution in [2.24, 2.45) is 5.73 Å². The molecule has 0 saturated carbocycles. The van der Waals surface area contributed by atoms with Gasteiger partial charge in [0.2, 0.25) is 11.8 Å². The summed E-state index contributed by atoms with van der Waals surface area (Å²) in [7, 11) is 0. The molecule has 0 amide bonds. The fourth-order valence-electron chi connectivity index (χ4n) is 3.83. The lowest BCUT2D eigenvalue weighted by Gasteiger charge is -2.24. The molecule has 5 rings (SSSR count). The van der Waals surface area contributed by atoms with Crippen LogP contribution in [-0.4, -0.2) is 15.2 Å². The van der Waals surface area contributed by atoms with E-state index in [1.54, 1.807) is 11.8 Å². The van der Waals surface area contributed by atoms with Crippen molar-refractivity contribution >= 4 is 34.3 Å². The Balaban J connectivity index is 1.60. The number of benzene rings is 2. The van der Waals surface area contributed by atoms with Crippen LogP contribution in [-0.2, 0) is 5.75 Å². The molecular formula is C24H18ClN5OS. The molecule has 3 heterocycles. The SMILES string of the molecule is Cc1ccc(SCc2[nH]nc3c2[C@H](c2cc4ccccc4nc2Cl)C(C#N)=C(N)O3)cc1. The molecule has 0 bridgehead atoms. The van der Waals surface area contributed by atoms with Crippen molar-refractivity contribution in [3.05, 3.63) is 93.6 Å². The predicted octanol–water partition coefficient (Wildman–Crippen LogP) is 5.43. The number of allylic oxidation sites excluding steroid dienone is 1. The van der Waals surface area contributed by atoms with E-state index in [0.29, 0.717) is 27.9 Å². The monoisotopic (exact) mass is 459 g/mol. The number of nitrogens with one attached hydrogen (secondary N) is 1. The predicted molar refractivity (Wildman–Crippen MR) is 125 cm³/mol. The van der Waals surface area contributed by atoms with Gasteiger partial charge in [0.25, 0.3) is 0 Å². The van der Waals surface area contributed by atoms with E-state index >= 15 is 0 Å². The third kappa shape index (κ3) is 3.58. The van der Waals surface area contributed by atoms with E-state index in [2.05, 4.69) is 52.4 Å². The van der Waals surface area contributed by atoms with Crippen molar-refractivity contribution in [2.45, 2.75) is 23.5 Å². The van der Waals surface area contributed by atoms with Gasteiger partial charge in [0.1, 0.15) is 16.8 Å². The number of nitriles is 1. The van der Waals surface area contributed by atoms with Crippen molar-refractivity contribution in [3.63, 3.8) is 0 Å². The van der Waals surface area contributed by atoms with Crippen LogP contribution in [0.3, 0.4) is 0 Å². The van der Waals surface area contributed by atoms with Gasteiger partial charge in [-0.2, -0.15) is 5.26 Å². The number of aryl methyl sites for hydroxylation is 1. The number of rotatable bonds is 4. The molecule has 8 heteroatoms. The highest BCUT2D eigenvalue weighted by Gasteiger charge is 2.36. The van der Waals surface area contributed by atoms with E-state index in [1.165, 1.54) is 5.56 Å². The van der Waals surface area contributed by atoms with E-state index in [-0.39, 0.29) is 5.88 Å². The first kappa shape index (κ1) is 20.4. The van der Waals surface area contributed by atoms with Crippen molar-refractivity contribution in [2.75, 3.05) is 0 Å². The van der Waals surface area contributed by atoms with E-state index in [1.807, 2.05) is 30.3 Å². The topological polar surface area (TPSA) is 101 Å². The van der Waals surface area contributed by atoms with Crippen LogP contribution in [0.25, 0.3) is 10.9 Å². The Morgan fingerprint density at radius 2 is 2.00 bits per heavy atom. The van der Waals surface area contributed by atoms with Crippen molar-refractivity contribution in [1.82, 2.24) is 15.2 Å². The number of aromatic nitrogens is 3. The molecule has 0 radical (unpaired) electrons. The highest BCUT2D eigenvalue weighted by molar-refractivity contribution is 7.98. The average molecular weight is 460 g/mol. The highest BCUT2D eigenvalue weighted by atomic mass is 35.5. The first-order valence-corrected chi connectivity index (χ1v) is 11.3. The van der Waals surface area contributed by atoms with Crippen LogP contribution < -0.4 is 10.5 Å². The van der Waals surface area contributed by atoms with Crippen molar-refractivity contribution < 1.29 is 4.74 Å². The summed E-state index contributed by atoms with van der Waals surface area (Å²) in [6, 6.07) is 20.2. The lowest BCUT2D eigenvalue weighted by Crippen LogP contribution is -2.21. The maximum atomic E-state index is 9.92. The van der Waals surface area contributed by atoms with Crippen LogP contribution >= 0.6 is 23.4 Å². The largest absolute Gasteiger partial charge is 0.420 e. The summed E-state index contributed by atoms with van der Waals surface area (Å²) in [6.45, 7) is 2.06. The Hall–Kier alpha value is -3.47. The molecular weight excluding hydrogens is 442 g/mol. The Morgan fingerprint density at radius 1 is 1.22 bits per heavy atom. The molecule has 2 aromatic heterocycles. The second kappa shape index (κ2) is 8.23. The molecule has 2 aromatic carbocycles. The number of H-pyrrole nitrogens is 1. The van der Waals surface area contributed by atoms with Crippen LogP contribution in [0.4, 0.5) is 0 Å². The molecule has 1 aliphatic rings. The van der Waals surface area contributed by atoms with Crippen LogP contribution in [0.15, 0.2) is 70.9 Å². The Morgan fingerprint density at radius 3 is 2.78 bits per heavy atom. The number of hydrogen-bond acceptors (Lipinski definition) is 6. The van der Waals surface area contributed by atoms with E-state index in [9.17, 15) is 5.26 Å². The number of aromatic amines is 1. The van der Waals surface area contributed by atoms with Gasteiger partial charge >= 0.3 is 0 Å². The standard InChI is InChI=1S/C24H18ClN5OS/c1-13-6-8-15(9-7-13)32-12-19-21-20(17(11-26)23(27)31-24(21)30-29-19)16-10-14-4-2-3-5-18(14)28-22(16)25/h2-10,20H,12,27H2,1H3,(H,29,30)/t20-/m1/s1. The van der Waals surface area contributed by atoms with Crippen LogP contribution in [0.5, 0.6) is 5.88 Å². The second-order valence-electron chi connectivity index (χ2n) is 7.51. The summed E-state index contributed by atoms with van der Waals surface area (Å²) in [5, 5.41) is 18.6.